The number of hydroxylamine groups is 2. The fourth-order valence-corrected chi connectivity index (χ4v) is 2.15. The highest BCUT2D eigenvalue weighted by atomic mass is 32.2. The second-order valence-corrected chi connectivity index (χ2v) is 3.95. The molecule has 1 N–H and O–H groups in total. The third kappa shape index (κ3) is 1.24. The van der Waals surface area contributed by atoms with Crippen molar-refractivity contribution in [1.29, 1.82) is 0 Å². The van der Waals surface area contributed by atoms with Gasteiger partial charge >= 0.3 is 0 Å². The maximum Gasteiger partial charge on any atom is 0.281 e. The summed E-state index contributed by atoms with van der Waals surface area (Å²) >= 11 is 0. The zero-order valence-corrected chi connectivity index (χ0v) is 8.06. The van der Waals surface area contributed by atoms with Crippen LogP contribution in [0.3, 0.4) is 0 Å². The molecular formula is C8H5NO5S. The highest BCUT2D eigenvalue weighted by molar-refractivity contribution is 7.73. The molecule has 1 aliphatic heterocycles. The summed E-state index contributed by atoms with van der Waals surface area (Å²) in [7, 11) is -2.59. The Morgan fingerprint density at radius 1 is 1.33 bits per heavy atom. The average Bonchev–Trinajstić information content (AvgIpc) is 2.44. The van der Waals surface area contributed by atoms with E-state index in [9.17, 15) is 18.0 Å². The molecule has 6 nitrogen and oxygen atoms in total. The molecule has 1 unspecified atom stereocenters. The molecule has 0 spiro atoms. The lowest BCUT2D eigenvalue weighted by Gasteiger charge is -2.07. The number of imide groups is 1. The van der Waals surface area contributed by atoms with Crippen LogP contribution < -0.4 is 0 Å². The fraction of sp³-hybridized carbons (Fsp3) is 0.125. The Labute approximate surface area is 85.6 Å². The molecule has 15 heavy (non-hydrogen) atoms. The van der Waals surface area contributed by atoms with Gasteiger partial charge in [-0.15, -0.1) is 0 Å². The van der Waals surface area contributed by atoms with Crippen LogP contribution in [0.2, 0.25) is 0 Å². The number of carbonyl (C=O) groups excluding carboxylic acids is 2. The molecule has 0 aromatic heterocycles. The second-order valence-electron chi connectivity index (χ2n) is 3.01. The first kappa shape index (κ1) is 9.81. The van der Waals surface area contributed by atoms with Gasteiger partial charge in [0.25, 0.3) is 11.8 Å². The van der Waals surface area contributed by atoms with Crippen LogP contribution in [-0.2, 0) is 19.9 Å². The lowest BCUT2D eigenvalue weighted by atomic mass is 9.94. The van der Waals surface area contributed by atoms with E-state index in [-0.39, 0.29) is 15.5 Å². The predicted molar refractivity (Wildman–Crippen MR) is 48.3 cm³/mol. The van der Waals surface area contributed by atoms with E-state index in [2.05, 4.69) is 0 Å². The molecule has 0 radical (unpaired) electrons. The molecule has 2 aliphatic rings. The Bertz CT molecular complexity index is 546. The van der Waals surface area contributed by atoms with Crippen molar-refractivity contribution in [3.63, 3.8) is 0 Å². The van der Waals surface area contributed by atoms with Crippen LogP contribution in [-0.4, -0.2) is 35.4 Å². The molecule has 78 valence electrons. The van der Waals surface area contributed by atoms with Gasteiger partial charge in [-0.1, -0.05) is 12.2 Å². The van der Waals surface area contributed by atoms with E-state index in [0.717, 1.165) is 0 Å². The van der Waals surface area contributed by atoms with Crippen LogP contribution >= 0.6 is 0 Å². The van der Waals surface area contributed by atoms with E-state index < -0.39 is 28.0 Å². The minimum absolute atomic E-state index is 0.0239. The largest absolute Gasteiger partial charge is 0.281 e. The van der Waals surface area contributed by atoms with Crippen molar-refractivity contribution in [3.05, 3.63) is 23.8 Å². The molecule has 0 saturated carbocycles. The Kier molecular flexibility index (Phi) is 2.06. The molecule has 1 heterocycles. The predicted octanol–water partition coefficient (Wildman–Crippen LogP) is -1.09. The lowest BCUT2D eigenvalue weighted by Crippen LogP contribution is -2.29. The van der Waals surface area contributed by atoms with Crippen molar-refractivity contribution in [3.8, 4) is 0 Å². The lowest BCUT2D eigenvalue weighted by molar-refractivity contribution is -0.170. The zero-order chi connectivity index (χ0) is 11.2. The van der Waals surface area contributed by atoms with Gasteiger partial charge in [0.1, 0.15) is 5.92 Å². The van der Waals surface area contributed by atoms with Crippen LogP contribution in [0, 0.1) is 5.92 Å². The topological polar surface area (TPSA) is 91.8 Å². The normalized spacial score (nSPS) is 24.3. The highest BCUT2D eigenvalue weighted by Gasteiger charge is 2.46. The summed E-state index contributed by atoms with van der Waals surface area (Å²) in [4.78, 5) is 22.4. The van der Waals surface area contributed by atoms with Crippen molar-refractivity contribution in [2.24, 2.45) is 5.92 Å². The van der Waals surface area contributed by atoms with E-state index in [1.54, 1.807) is 0 Å². The molecule has 1 aliphatic carbocycles. The molecule has 2 rings (SSSR count). The monoisotopic (exact) mass is 227 g/mol. The van der Waals surface area contributed by atoms with E-state index in [0.29, 0.717) is 0 Å². The number of nitrogens with zero attached hydrogens (tertiary/aromatic N) is 1. The van der Waals surface area contributed by atoms with Gasteiger partial charge in [-0.3, -0.25) is 14.8 Å². The van der Waals surface area contributed by atoms with Crippen LogP contribution in [0.25, 0.3) is 0 Å². The number of rotatable bonds is 0. The Balaban J connectivity index is 2.66. The van der Waals surface area contributed by atoms with Crippen molar-refractivity contribution >= 4 is 27.0 Å². The van der Waals surface area contributed by atoms with Gasteiger partial charge in [-0.25, -0.2) is 0 Å². The molecule has 7 heteroatoms. The van der Waals surface area contributed by atoms with Crippen molar-refractivity contribution in [2.45, 2.75) is 0 Å². The summed E-state index contributed by atoms with van der Waals surface area (Å²) in [6.07, 6.45) is 3.89. The minimum Gasteiger partial charge on any atom is -0.278 e. The summed E-state index contributed by atoms with van der Waals surface area (Å²) in [6.45, 7) is 0. The molecule has 0 bridgehead atoms. The summed E-state index contributed by atoms with van der Waals surface area (Å²) in [5.74, 6) is -3.00. The number of hydrogen-bond donors (Lipinski definition) is 1. The summed E-state index contributed by atoms with van der Waals surface area (Å²) in [5, 5.41) is 8.99. The molecule has 2 amide bonds. The second kappa shape index (κ2) is 3.14. The van der Waals surface area contributed by atoms with Crippen LogP contribution in [0.5, 0.6) is 0 Å². The van der Waals surface area contributed by atoms with E-state index >= 15 is 0 Å². The molecule has 1 atom stereocenters. The van der Waals surface area contributed by atoms with Crippen molar-refractivity contribution in [2.75, 3.05) is 0 Å². The van der Waals surface area contributed by atoms with E-state index in [1.165, 1.54) is 18.2 Å². The Morgan fingerprint density at radius 3 is 2.60 bits per heavy atom. The first-order valence-electron chi connectivity index (χ1n) is 3.95. The average molecular weight is 227 g/mol. The first-order chi connectivity index (χ1) is 7.04. The van der Waals surface area contributed by atoms with Crippen LogP contribution in [0.4, 0.5) is 0 Å². The van der Waals surface area contributed by atoms with Gasteiger partial charge in [-0.05, 0) is 6.08 Å². The van der Waals surface area contributed by atoms with Crippen LogP contribution in [0.15, 0.2) is 23.8 Å². The molecule has 0 aromatic carbocycles. The number of amides is 2. The Hall–Kier alpha value is -1.73. The highest BCUT2D eigenvalue weighted by Crippen LogP contribution is 2.28. The standard InChI is InChI=1S/C8H5NO5S/c10-7-4-2-1-3-5(15(13)14)6(4)8(11)9(7)12/h1-3,6,12H. The first-order valence-corrected chi connectivity index (χ1v) is 5.03. The number of fused-ring (bicyclic) bond motifs is 1. The summed E-state index contributed by atoms with van der Waals surface area (Å²) in [6, 6.07) is 0. The van der Waals surface area contributed by atoms with Gasteiger partial charge in [0.05, 0.1) is 4.86 Å². The van der Waals surface area contributed by atoms with Gasteiger partial charge in [0.15, 0.2) is 0 Å². The molecule has 1 saturated heterocycles. The van der Waals surface area contributed by atoms with E-state index in [4.69, 9.17) is 5.21 Å². The smallest absolute Gasteiger partial charge is 0.278 e. The van der Waals surface area contributed by atoms with Gasteiger partial charge in [0, 0.05) is 5.57 Å². The van der Waals surface area contributed by atoms with Crippen molar-refractivity contribution < 1.29 is 23.2 Å². The number of carbonyl (C=O) groups is 2. The van der Waals surface area contributed by atoms with Crippen LogP contribution in [0.1, 0.15) is 0 Å². The van der Waals surface area contributed by atoms with Gasteiger partial charge in [-0.2, -0.15) is 13.5 Å². The number of hydrogen-bond acceptors (Lipinski definition) is 5. The Morgan fingerprint density at radius 2 is 2.00 bits per heavy atom. The quantitative estimate of drug-likeness (QED) is 0.322. The maximum absolute atomic E-state index is 11.4. The SMILES string of the molecule is O=C1C2=CC=CC(=S(=O)=O)C2C(=O)N1O. The number of allylic oxidation sites excluding steroid dienone is 3. The zero-order valence-electron chi connectivity index (χ0n) is 7.25. The summed E-state index contributed by atoms with van der Waals surface area (Å²) in [5.41, 5.74) is -0.0239. The maximum atomic E-state index is 11.4. The molecule has 1 fully saturated rings. The van der Waals surface area contributed by atoms with E-state index in [1.807, 2.05) is 0 Å². The summed E-state index contributed by atoms with van der Waals surface area (Å²) < 4.78 is 21.6. The fourth-order valence-electron chi connectivity index (χ4n) is 1.54. The molecular weight excluding hydrogens is 222 g/mol. The van der Waals surface area contributed by atoms with Gasteiger partial charge < -0.3 is 0 Å². The van der Waals surface area contributed by atoms with Gasteiger partial charge in [0.2, 0.25) is 10.3 Å². The molecule has 0 aromatic rings. The third-order valence-corrected chi connectivity index (χ3v) is 2.98. The van der Waals surface area contributed by atoms with Crippen molar-refractivity contribution in [1.82, 2.24) is 5.06 Å². The minimum atomic E-state index is -2.59. The third-order valence-electron chi connectivity index (χ3n) is 2.22.